The van der Waals surface area contributed by atoms with E-state index in [2.05, 4.69) is 19.2 Å². The molecule has 1 amide bonds. The minimum atomic E-state index is -3.45. The Balaban J connectivity index is 1.95. The fourth-order valence-corrected chi connectivity index (χ4v) is 4.50. The van der Waals surface area contributed by atoms with Gasteiger partial charge in [-0.25, -0.2) is 8.42 Å². The van der Waals surface area contributed by atoms with E-state index in [-0.39, 0.29) is 17.4 Å². The zero-order valence-electron chi connectivity index (χ0n) is 16.0. The van der Waals surface area contributed by atoms with Crippen LogP contribution in [0.5, 0.6) is 5.75 Å². The van der Waals surface area contributed by atoms with Crippen molar-refractivity contribution in [3.63, 3.8) is 0 Å². The Morgan fingerprint density at radius 3 is 2.54 bits per heavy atom. The molecule has 0 bridgehead atoms. The van der Waals surface area contributed by atoms with E-state index in [1.54, 1.807) is 29.4 Å². The molecule has 6 nitrogen and oxygen atoms in total. The molecular formula is C19H30N2O4S. The molecule has 0 atom stereocenters. The van der Waals surface area contributed by atoms with Crippen LogP contribution in [0.2, 0.25) is 0 Å². The summed E-state index contributed by atoms with van der Waals surface area (Å²) in [5, 5.41) is 2.82. The van der Waals surface area contributed by atoms with Crippen LogP contribution >= 0.6 is 0 Å². The summed E-state index contributed by atoms with van der Waals surface area (Å²) in [6.45, 7) is 7.72. The summed E-state index contributed by atoms with van der Waals surface area (Å²) in [6.07, 6.45) is 3.82. The predicted octanol–water partition coefficient (Wildman–Crippen LogP) is 2.71. The van der Waals surface area contributed by atoms with Crippen molar-refractivity contribution in [3.05, 3.63) is 23.8 Å². The van der Waals surface area contributed by atoms with Gasteiger partial charge in [0.1, 0.15) is 5.75 Å². The minimum Gasteiger partial charge on any atom is -0.484 e. The fraction of sp³-hybridized carbons (Fsp3) is 0.632. The molecule has 146 valence electrons. The van der Waals surface area contributed by atoms with E-state index in [0.717, 1.165) is 25.7 Å². The topological polar surface area (TPSA) is 75.7 Å². The van der Waals surface area contributed by atoms with Crippen molar-refractivity contribution in [1.29, 1.82) is 0 Å². The summed E-state index contributed by atoms with van der Waals surface area (Å²) in [5.41, 5.74) is 0.707. The highest BCUT2D eigenvalue weighted by atomic mass is 32.2. The maximum Gasteiger partial charge on any atom is 0.257 e. The van der Waals surface area contributed by atoms with Crippen LogP contribution in [0.15, 0.2) is 23.1 Å². The molecule has 7 heteroatoms. The number of benzene rings is 1. The number of amides is 1. The van der Waals surface area contributed by atoms with Gasteiger partial charge in [-0.05, 0) is 55.9 Å². The van der Waals surface area contributed by atoms with Crippen LogP contribution in [0.1, 0.15) is 45.1 Å². The Kier molecular flexibility index (Phi) is 7.46. The molecule has 1 saturated heterocycles. The van der Waals surface area contributed by atoms with Crippen molar-refractivity contribution in [1.82, 2.24) is 9.62 Å². The van der Waals surface area contributed by atoms with Gasteiger partial charge < -0.3 is 10.1 Å². The Bertz CT molecular complexity index is 710. The van der Waals surface area contributed by atoms with Gasteiger partial charge in [-0.15, -0.1) is 0 Å². The molecule has 2 rings (SSSR count). The molecule has 0 aliphatic carbocycles. The third kappa shape index (κ3) is 5.71. The van der Waals surface area contributed by atoms with Crippen LogP contribution in [-0.2, 0) is 14.8 Å². The molecule has 1 aromatic rings. The number of carbonyl (C=O) groups is 1. The summed E-state index contributed by atoms with van der Waals surface area (Å²) in [7, 11) is -3.45. The number of nitrogens with zero attached hydrogens (tertiary/aromatic N) is 1. The van der Waals surface area contributed by atoms with Crippen LogP contribution in [-0.4, -0.2) is 44.9 Å². The van der Waals surface area contributed by atoms with Crippen LogP contribution < -0.4 is 10.1 Å². The van der Waals surface area contributed by atoms with Gasteiger partial charge in [0.2, 0.25) is 10.0 Å². The zero-order valence-corrected chi connectivity index (χ0v) is 16.8. The molecule has 1 aromatic carbocycles. The van der Waals surface area contributed by atoms with E-state index in [9.17, 15) is 13.2 Å². The smallest absolute Gasteiger partial charge is 0.257 e. The number of hydrogen-bond acceptors (Lipinski definition) is 4. The third-order valence-corrected chi connectivity index (χ3v) is 6.40. The Morgan fingerprint density at radius 2 is 1.92 bits per heavy atom. The molecule has 0 unspecified atom stereocenters. The van der Waals surface area contributed by atoms with Gasteiger partial charge in [-0.1, -0.05) is 20.3 Å². The summed E-state index contributed by atoms with van der Waals surface area (Å²) in [4.78, 5) is 12.1. The molecular weight excluding hydrogens is 352 g/mol. The second-order valence-electron chi connectivity index (χ2n) is 7.21. The Hall–Kier alpha value is -1.60. The standard InChI is InChI=1S/C19H30N2O4S/c1-15(2)9-10-20-19(22)14-25-18-8-7-17(13-16(18)3)26(23,24)21-11-5-4-6-12-21/h7-8,13,15H,4-6,9-12,14H2,1-3H3,(H,20,22). The average molecular weight is 383 g/mol. The van der Waals surface area contributed by atoms with Gasteiger partial charge in [0, 0.05) is 19.6 Å². The highest BCUT2D eigenvalue weighted by Crippen LogP contribution is 2.25. The van der Waals surface area contributed by atoms with Gasteiger partial charge in [0.25, 0.3) is 5.91 Å². The molecule has 1 aliphatic rings. The molecule has 1 fully saturated rings. The Labute approximate surface area is 157 Å². The molecule has 1 aliphatic heterocycles. The van der Waals surface area contributed by atoms with Crippen molar-refractivity contribution in [2.24, 2.45) is 5.92 Å². The van der Waals surface area contributed by atoms with Gasteiger partial charge in [0.05, 0.1) is 4.90 Å². The molecule has 1 N–H and O–H groups in total. The highest BCUT2D eigenvalue weighted by molar-refractivity contribution is 7.89. The molecule has 26 heavy (non-hydrogen) atoms. The first-order valence-electron chi connectivity index (χ1n) is 9.31. The number of piperidine rings is 1. The third-order valence-electron chi connectivity index (χ3n) is 4.50. The molecule has 0 aromatic heterocycles. The van der Waals surface area contributed by atoms with Crippen molar-refractivity contribution in [2.45, 2.75) is 51.3 Å². The largest absolute Gasteiger partial charge is 0.484 e. The van der Waals surface area contributed by atoms with Gasteiger partial charge >= 0.3 is 0 Å². The van der Waals surface area contributed by atoms with Crippen molar-refractivity contribution >= 4 is 15.9 Å². The summed E-state index contributed by atoms with van der Waals surface area (Å²) in [6, 6.07) is 4.81. The number of rotatable bonds is 8. The van der Waals surface area contributed by atoms with Crippen LogP contribution in [0.3, 0.4) is 0 Å². The molecule has 1 heterocycles. The summed E-state index contributed by atoms with van der Waals surface area (Å²) in [5.74, 6) is 0.893. The van der Waals surface area contributed by atoms with Gasteiger partial charge in [-0.2, -0.15) is 4.31 Å². The fourth-order valence-electron chi connectivity index (χ4n) is 2.89. The first-order valence-corrected chi connectivity index (χ1v) is 10.7. The van der Waals surface area contributed by atoms with Crippen molar-refractivity contribution < 1.29 is 17.9 Å². The van der Waals surface area contributed by atoms with Crippen LogP contribution in [0.25, 0.3) is 0 Å². The van der Waals surface area contributed by atoms with E-state index in [0.29, 0.717) is 36.9 Å². The zero-order chi connectivity index (χ0) is 19.2. The van der Waals surface area contributed by atoms with Gasteiger partial charge in [-0.3, -0.25) is 4.79 Å². The summed E-state index contributed by atoms with van der Waals surface area (Å²) >= 11 is 0. The number of aryl methyl sites for hydroxylation is 1. The normalized spacial score (nSPS) is 15.8. The lowest BCUT2D eigenvalue weighted by Crippen LogP contribution is -2.35. The minimum absolute atomic E-state index is 0.0723. The predicted molar refractivity (Wildman–Crippen MR) is 102 cm³/mol. The lowest BCUT2D eigenvalue weighted by molar-refractivity contribution is -0.123. The average Bonchev–Trinajstić information content (AvgIpc) is 2.61. The first kappa shape index (κ1) is 20.7. The van der Waals surface area contributed by atoms with Crippen LogP contribution in [0, 0.1) is 12.8 Å². The lowest BCUT2D eigenvalue weighted by atomic mass is 10.1. The number of hydrogen-bond donors (Lipinski definition) is 1. The number of ether oxygens (including phenoxy) is 1. The first-order chi connectivity index (χ1) is 12.3. The SMILES string of the molecule is Cc1cc(S(=O)(=O)N2CCCCC2)ccc1OCC(=O)NCCC(C)C. The highest BCUT2D eigenvalue weighted by Gasteiger charge is 2.26. The maximum absolute atomic E-state index is 12.7. The second kappa shape index (κ2) is 9.37. The van der Waals surface area contributed by atoms with E-state index in [4.69, 9.17) is 4.74 Å². The summed E-state index contributed by atoms with van der Waals surface area (Å²) < 4.78 is 32.5. The van der Waals surface area contributed by atoms with Crippen LogP contribution in [0.4, 0.5) is 0 Å². The molecule has 0 saturated carbocycles. The number of sulfonamides is 1. The van der Waals surface area contributed by atoms with Crippen molar-refractivity contribution in [2.75, 3.05) is 26.2 Å². The molecule has 0 radical (unpaired) electrons. The monoisotopic (exact) mass is 382 g/mol. The second-order valence-corrected chi connectivity index (χ2v) is 9.15. The van der Waals surface area contributed by atoms with Gasteiger partial charge in [0.15, 0.2) is 6.61 Å². The van der Waals surface area contributed by atoms with E-state index >= 15 is 0 Å². The van der Waals surface area contributed by atoms with Crippen molar-refractivity contribution in [3.8, 4) is 5.75 Å². The number of nitrogens with one attached hydrogen (secondary N) is 1. The molecule has 0 spiro atoms. The maximum atomic E-state index is 12.7. The van der Waals surface area contributed by atoms with E-state index in [1.807, 2.05) is 0 Å². The lowest BCUT2D eigenvalue weighted by Gasteiger charge is -2.26. The van der Waals surface area contributed by atoms with E-state index in [1.165, 1.54) is 0 Å². The number of carbonyl (C=O) groups excluding carboxylic acids is 1. The Morgan fingerprint density at radius 1 is 1.23 bits per heavy atom. The quantitative estimate of drug-likeness (QED) is 0.750. The van der Waals surface area contributed by atoms with E-state index < -0.39 is 10.0 Å².